The molecule has 0 aliphatic rings. The fourth-order valence-electron chi connectivity index (χ4n) is 2.46. The van der Waals surface area contributed by atoms with Crippen LogP contribution in [0.2, 0.25) is 10.0 Å². The second kappa shape index (κ2) is 9.48. The molecule has 0 aromatic heterocycles. The highest BCUT2D eigenvalue weighted by Gasteiger charge is 2.11. The Morgan fingerprint density at radius 2 is 1.85 bits per heavy atom. The van der Waals surface area contributed by atoms with Gasteiger partial charge in [-0.15, -0.1) is 0 Å². The van der Waals surface area contributed by atoms with Crippen LogP contribution in [0.3, 0.4) is 0 Å². The van der Waals surface area contributed by atoms with E-state index in [2.05, 4.69) is 10.5 Å². The fraction of sp³-hybridized carbons (Fsp3) is 0.263. The van der Waals surface area contributed by atoms with Gasteiger partial charge in [-0.1, -0.05) is 34.4 Å². The van der Waals surface area contributed by atoms with E-state index < -0.39 is 0 Å². The Morgan fingerprint density at radius 1 is 1.11 bits per heavy atom. The lowest BCUT2D eigenvalue weighted by Crippen LogP contribution is -2.18. The maximum absolute atomic E-state index is 12.0. The van der Waals surface area contributed by atoms with Gasteiger partial charge in [0, 0.05) is 5.56 Å². The van der Waals surface area contributed by atoms with E-state index in [1.807, 2.05) is 19.9 Å². The third kappa shape index (κ3) is 5.52. The maximum Gasteiger partial charge on any atom is 0.265 e. The highest BCUT2D eigenvalue weighted by atomic mass is 35.5. The normalized spacial score (nSPS) is 10.7. The molecule has 0 spiro atoms. The molecule has 27 heavy (non-hydrogen) atoms. The number of amides is 1. The van der Waals surface area contributed by atoms with Gasteiger partial charge in [-0.2, -0.15) is 0 Å². The van der Waals surface area contributed by atoms with Crippen molar-refractivity contribution in [3.63, 3.8) is 0 Å². The van der Waals surface area contributed by atoms with Gasteiger partial charge in [-0.25, -0.2) is 0 Å². The van der Waals surface area contributed by atoms with Gasteiger partial charge in [0.15, 0.2) is 18.1 Å². The minimum absolute atomic E-state index is 0.263. The van der Waals surface area contributed by atoms with Crippen molar-refractivity contribution >= 4 is 41.0 Å². The number of nitrogens with zero attached hydrogens (tertiary/aromatic N) is 1. The van der Waals surface area contributed by atoms with E-state index in [0.29, 0.717) is 32.8 Å². The van der Waals surface area contributed by atoms with Crippen LogP contribution in [-0.2, 0) is 9.63 Å². The zero-order valence-electron chi connectivity index (χ0n) is 15.4. The Labute approximate surface area is 168 Å². The number of ether oxygens (including phenoxy) is 2. The Balaban J connectivity index is 1.96. The van der Waals surface area contributed by atoms with Gasteiger partial charge >= 0.3 is 0 Å². The van der Waals surface area contributed by atoms with Crippen molar-refractivity contribution in [2.24, 2.45) is 5.16 Å². The van der Waals surface area contributed by atoms with Gasteiger partial charge in [0.05, 0.1) is 36.2 Å². The first-order valence-corrected chi connectivity index (χ1v) is 8.74. The van der Waals surface area contributed by atoms with Gasteiger partial charge in [0.1, 0.15) is 0 Å². The standard InChI is InChI=1S/C19H20Cl2N2O4/c1-11-5-12(2)18(14(20)6-11)23-17(24)10-27-22-9-13-7-15(21)19(26-4)16(8-13)25-3/h5-9H,10H2,1-4H3,(H,23,24)/b22-9+. The second-order valence-corrected chi connectivity index (χ2v) is 6.55. The molecule has 2 aromatic carbocycles. The van der Waals surface area contributed by atoms with Crippen molar-refractivity contribution in [3.05, 3.63) is 51.0 Å². The van der Waals surface area contributed by atoms with Crippen LogP contribution >= 0.6 is 23.2 Å². The lowest BCUT2D eigenvalue weighted by molar-refractivity contribution is -0.120. The number of carbonyl (C=O) groups is 1. The molecule has 0 saturated heterocycles. The molecule has 2 rings (SSSR count). The molecular weight excluding hydrogens is 391 g/mol. The van der Waals surface area contributed by atoms with Gasteiger partial charge in [0.2, 0.25) is 0 Å². The number of nitrogens with one attached hydrogen (secondary N) is 1. The summed E-state index contributed by atoms with van der Waals surface area (Å²) in [6.45, 7) is 3.54. The lowest BCUT2D eigenvalue weighted by Gasteiger charge is -2.11. The Bertz CT molecular complexity index is 846. The molecule has 0 radical (unpaired) electrons. The number of rotatable bonds is 7. The number of methoxy groups -OCH3 is 2. The number of aryl methyl sites for hydroxylation is 2. The summed E-state index contributed by atoms with van der Waals surface area (Å²) in [7, 11) is 3.01. The summed E-state index contributed by atoms with van der Waals surface area (Å²) in [6.07, 6.45) is 1.42. The molecule has 0 bridgehead atoms. The summed E-state index contributed by atoms with van der Waals surface area (Å²) in [6, 6.07) is 7.05. The highest BCUT2D eigenvalue weighted by molar-refractivity contribution is 6.34. The molecule has 144 valence electrons. The van der Waals surface area contributed by atoms with Crippen LogP contribution in [0.15, 0.2) is 29.4 Å². The molecule has 1 N–H and O–H groups in total. The number of hydrogen-bond donors (Lipinski definition) is 1. The van der Waals surface area contributed by atoms with Gasteiger partial charge < -0.3 is 19.6 Å². The fourth-order valence-corrected chi connectivity index (χ4v) is 3.12. The molecule has 0 aliphatic heterocycles. The molecular formula is C19H20Cl2N2O4. The third-order valence-corrected chi connectivity index (χ3v) is 4.20. The Kier molecular flexibility index (Phi) is 7.33. The molecule has 0 atom stereocenters. The average molecular weight is 411 g/mol. The van der Waals surface area contributed by atoms with Crippen molar-refractivity contribution in [1.29, 1.82) is 0 Å². The van der Waals surface area contributed by atoms with Gasteiger partial charge in [-0.05, 0) is 43.2 Å². The summed E-state index contributed by atoms with van der Waals surface area (Å²) < 4.78 is 10.4. The molecule has 0 fully saturated rings. The average Bonchev–Trinajstić information content (AvgIpc) is 2.61. The van der Waals surface area contributed by atoms with E-state index in [4.69, 9.17) is 37.5 Å². The third-order valence-electron chi connectivity index (χ3n) is 3.62. The molecule has 0 heterocycles. The second-order valence-electron chi connectivity index (χ2n) is 5.73. The predicted molar refractivity (Wildman–Crippen MR) is 108 cm³/mol. The SMILES string of the molecule is COc1cc(/C=N/OCC(=O)Nc2c(C)cc(C)cc2Cl)cc(Cl)c1OC. The van der Waals surface area contributed by atoms with Crippen LogP contribution in [0.1, 0.15) is 16.7 Å². The minimum Gasteiger partial charge on any atom is -0.493 e. The van der Waals surface area contributed by atoms with Crippen molar-refractivity contribution in [2.75, 3.05) is 26.1 Å². The monoisotopic (exact) mass is 410 g/mol. The highest BCUT2D eigenvalue weighted by Crippen LogP contribution is 2.35. The van der Waals surface area contributed by atoms with Crippen LogP contribution in [-0.4, -0.2) is 32.9 Å². The molecule has 2 aromatic rings. The van der Waals surface area contributed by atoms with E-state index in [-0.39, 0.29) is 12.5 Å². The van der Waals surface area contributed by atoms with Crippen molar-refractivity contribution in [3.8, 4) is 11.5 Å². The molecule has 8 heteroatoms. The predicted octanol–water partition coefficient (Wildman–Crippen LogP) is 4.62. The Hall–Kier alpha value is -2.44. The topological polar surface area (TPSA) is 69.2 Å². The zero-order valence-corrected chi connectivity index (χ0v) is 16.9. The van der Waals surface area contributed by atoms with Crippen LogP contribution in [0.5, 0.6) is 11.5 Å². The first kappa shape index (κ1) is 20.9. The van der Waals surface area contributed by atoms with E-state index in [1.165, 1.54) is 20.4 Å². The Morgan fingerprint density at radius 3 is 2.48 bits per heavy atom. The summed E-state index contributed by atoms with van der Waals surface area (Å²) in [4.78, 5) is 17.1. The van der Waals surface area contributed by atoms with E-state index in [0.717, 1.165) is 11.1 Å². The summed E-state index contributed by atoms with van der Waals surface area (Å²) in [5, 5.41) is 7.35. The van der Waals surface area contributed by atoms with E-state index in [9.17, 15) is 4.79 Å². The zero-order chi connectivity index (χ0) is 20.0. The van der Waals surface area contributed by atoms with Gasteiger partial charge in [-0.3, -0.25) is 4.79 Å². The van der Waals surface area contributed by atoms with Crippen LogP contribution in [0, 0.1) is 13.8 Å². The number of anilines is 1. The largest absolute Gasteiger partial charge is 0.493 e. The minimum atomic E-state index is -0.369. The van der Waals surface area contributed by atoms with E-state index >= 15 is 0 Å². The summed E-state index contributed by atoms with van der Waals surface area (Å²) in [5.74, 6) is 0.530. The smallest absolute Gasteiger partial charge is 0.265 e. The molecule has 0 saturated carbocycles. The van der Waals surface area contributed by atoms with Crippen molar-refractivity contribution < 1.29 is 19.1 Å². The van der Waals surface area contributed by atoms with Gasteiger partial charge in [0.25, 0.3) is 5.91 Å². The molecule has 0 unspecified atom stereocenters. The number of benzene rings is 2. The van der Waals surface area contributed by atoms with Crippen LogP contribution in [0.4, 0.5) is 5.69 Å². The number of hydrogen-bond acceptors (Lipinski definition) is 5. The van der Waals surface area contributed by atoms with Crippen molar-refractivity contribution in [1.82, 2.24) is 0 Å². The van der Waals surface area contributed by atoms with Crippen LogP contribution in [0.25, 0.3) is 0 Å². The van der Waals surface area contributed by atoms with Crippen molar-refractivity contribution in [2.45, 2.75) is 13.8 Å². The number of oxime groups is 1. The number of halogens is 2. The summed E-state index contributed by atoms with van der Waals surface area (Å²) >= 11 is 12.3. The van der Waals surface area contributed by atoms with Crippen LogP contribution < -0.4 is 14.8 Å². The number of carbonyl (C=O) groups excluding carboxylic acids is 1. The lowest BCUT2D eigenvalue weighted by atomic mass is 10.1. The van der Waals surface area contributed by atoms with E-state index in [1.54, 1.807) is 18.2 Å². The maximum atomic E-state index is 12.0. The first-order chi connectivity index (χ1) is 12.8. The summed E-state index contributed by atoms with van der Waals surface area (Å²) in [5.41, 5.74) is 3.09. The molecule has 6 nitrogen and oxygen atoms in total. The molecule has 1 amide bonds. The quantitative estimate of drug-likeness (QED) is 0.534. The molecule has 0 aliphatic carbocycles. The first-order valence-electron chi connectivity index (χ1n) is 7.99.